The van der Waals surface area contributed by atoms with Crippen LogP contribution in [0.5, 0.6) is 0 Å². The number of nitrogens with zero attached hydrogens (tertiary/aromatic N) is 2. The molecule has 1 aliphatic heterocycles. The second-order valence-electron chi connectivity index (χ2n) is 5.77. The molecule has 1 aromatic carbocycles. The first kappa shape index (κ1) is 18.1. The van der Waals surface area contributed by atoms with E-state index in [2.05, 4.69) is 21.9 Å². The summed E-state index contributed by atoms with van der Waals surface area (Å²) >= 11 is 7.81. The van der Waals surface area contributed by atoms with Crippen molar-refractivity contribution in [2.75, 3.05) is 51.6 Å². The molecule has 0 aromatic heterocycles. The molecule has 1 N–H and O–H groups in total. The van der Waals surface area contributed by atoms with Crippen molar-refractivity contribution in [2.24, 2.45) is 0 Å². The highest BCUT2D eigenvalue weighted by Gasteiger charge is 2.15. The van der Waals surface area contributed by atoms with Gasteiger partial charge in [0.2, 0.25) is 0 Å². The average molecular weight is 343 g/mol. The summed E-state index contributed by atoms with van der Waals surface area (Å²) in [5, 5.41) is 9.59. The van der Waals surface area contributed by atoms with Gasteiger partial charge in [-0.25, -0.2) is 0 Å². The average Bonchev–Trinajstić information content (AvgIpc) is 2.55. The minimum atomic E-state index is 0.332. The van der Waals surface area contributed by atoms with Crippen LogP contribution in [-0.2, 0) is 0 Å². The van der Waals surface area contributed by atoms with Gasteiger partial charge < -0.3 is 10.0 Å². The van der Waals surface area contributed by atoms with Crippen molar-refractivity contribution in [1.82, 2.24) is 9.80 Å². The molecule has 0 spiro atoms. The number of thioether (sulfide) groups is 1. The van der Waals surface area contributed by atoms with E-state index in [0.29, 0.717) is 6.61 Å². The molecule has 2 rings (SSSR count). The Balaban J connectivity index is 1.54. The van der Waals surface area contributed by atoms with E-state index in [9.17, 15) is 0 Å². The van der Waals surface area contributed by atoms with Gasteiger partial charge in [-0.15, -0.1) is 11.8 Å². The highest BCUT2D eigenvalue weighted by molar-refractivity contribution is 7.99. The van der Waals surface area contributed by atoms with Crippen LogP contribution in [0.1, 0.15) is 19.3 Å². The molecular formula is C17H27ClN2OS. The zero-order chi connectivity index (χ0) is 15.6. The van der Waals surface area contributed by atoms with E-state index in [1.807, 2.05) is 23.9 Å². The van der Waals surface area contributed by atoms with E-state index in [-0.39, 0.29) is 0 Å². The highest BCUT2D eigenvalue weighted by Crippen LogP contribution is 2.20. The second-order valence-corrected chi connectivity index (χ2v) is 7.37. The standard InChI is InChI=1S/C17H27ClN2OS/c18-16-4-6-17(7-5-16)22-15-13-20-11-9-19(10-12-20)8-2-1-3-14-21/h4-7,21H,1-3,8-15H2. The lowest BCUT2D eigenvalue weighted by Crippen LogP contribution is -2.47. The van der Waals surface area contributed by atoms with E-state index in [4.69, 9.17) is 16.7 Å². The first-order valence-corrected chi connectivity index (χ1v) is 9.58. The van der Waals surface area contributed by atoms with Crippen LogP contribution in [0.15, 0.2) is 29.2 Å². The Bertz CT molecular complexity index is 408. The second kappa shape index (κ2) is 10.5. The Labute approximate surface area is 143 Å². The van der Waals surface area contributed by atoms with Gasteiger partial charge in [0.05, 0.1) is 0 Å². The summed E-state index contributed by atoms with van der Waals surface area (Å²) in [6, 6.07) is 8.10. The molecule has 0 bridgehead atoms. The van der Waals surface area contributed by atoms with Crippen molar-refractivity contribution in [1.29, 1.82) is 0 Å². The zero-order valence-electron chi connectivity index (χ0n) is 13.2. The summed E-state index contributed by atoms with van der Waals surface area (Å²) in [5.74, 6) is 1.14. The van der Waals surface area contributed by atoms with Crippen LogP contribution in [-0.4, -0.2) is 66.5 Å². The molecule has 0 aliphatic carbocycles. The molecule has 3 nitrogen and oxygen atoms in total. The monoisotopic (exact) mass is 342 g/mol. The maximum atomic E-state index is 8.79. The third-order valence-electron chi connectivity index (χ3n) is 4.09. The molecule has 0 unspecified atom stereocenters. The highest BCUT2D eigenvalue weighted by atomic mass is 35.5. The molecule has 1 fully saturated rings. The number of aliphatic hydroxyl groups is 1. The third kappa shape index (κ3) is 6.88. The Kier molecular flexibility index (Phi) is 8.63. The summed E-state index contributed by atoms with van der Waals surface area (Å²) in [5.41, 5.74) is 0. The number of benzene rings is 1. The van der Waals surface area contributed by atoms with Gasteiger partial charge in [0.25, 0.3) is 0 Å². The fraction of sp³-hybridized carbons (Fsp3) is 0.647. The lowest BCUT2D eigenvalue weighted by atomic mass is 10.2. The predicted octanol–water partition coefficient (Wildman–Crippen LogP) is 3.21. The van der Waals surface area contributed by atoms with Crippen LogP contribution < -0.4 is 0 Å². The van der Waals surface area contributed by atoms with Crippen LogP contribution in [0.3, 0.4) is 0 Å². The normalized spacial score (nSPS) is 17.0. The minimum Gasteiger partial charge on any atom is -0.396 e. The largest absolute Gasteiger partial charge is 0.396 e. The van der Waals surface area contributed by atoms with Crippen molar-refractivity contribution in [2.45, 2.75) is 24.2 Å². The molecule has 0 saturated carbocycles. The van der Waals surface area contributed by atoms with E-state index < -0.39 is 0 Å². The van der Waals surface area contributed by atoms with Crippen molar-refractivity contribution < 1.29 is 5.11 Å². The molecule has 1 aliphatic rings. The SMILES string of the molecule is OCCCCCN1CCN(CCSc2ccc(Cl)cc2)CC1. The maximum Gasteiger partial charge on any atom is 0.0431 e. The number of halogens is 1. The van der Waals surface area contributed by atoms with E-state index in [1.165, 1.54) is 44.0 Å². The molecular weight excluding hydrogens is 316 g/mol. The van der Waals surface area contributed by atoms with Gasteiger partial charge in [-0.2, -0.15) is 0 Å². The van der Waals surface area contributed by atoms with Gasteiger partial charge in [-0.3, -0.25) is 4.90 Å². The number of aliphatic hydroxyl groups excluding tert-OH is 1. The van der Waals surface area contributed by atoms with Gasteiger partial charge in [-0.05, 0) is 50.1 Å². The number of unbranched alkanes of at least 4 members (excludes halogenated alkanes) is 2. The lowest BCUT2D eigenvalue weighted by molar-refractivity contribution is 0.135. The van der Waals surface area contributed by atoms with Crippen LogP contribution in [0, 0.1) is 0 Å². The Morgan fingerprint density at radius 1 is 0.909 bits per heavy atom. The maximum absolute atomic E-state index is 8.79. The molecule has 1 heterocycles. The zero-order valence-corrected chi connectivity index (χ0v) is 14.8. The van der Waals surface area contributed by atoms with Crippen molar-refractivity contribution in [3.63, 3.8) is 0 Å². The molecule has 0 radical (unpaired) electrons. The molecule has 1 aromatic rings. The topological polar surface area (TPSA) is 26.7 Å². The smallest absolute Gasteiger partial charge is 0.0431 e. The molecule has 22 heavy (non-hydrogen) atoms. The molecule has 0 amide bonds. The molecule has 124 valence electrons. The Morgan fingerprint density at radius 3 is 2.18 bits per heavy atom. The van der Waals surface area contributed by atoms with E-state index in [1.54, 1.807) is 0 Å². The van der Waals surface area contributed by atoms with E-state index >= 15 is 0 Å². The van der Waals surface area contributed by atoms with Crippen molar-refractivity contribution >= 4 is 23.4 Å². The van der Waals surface area contributed by atoms with Crippen LogP contribution in [0.4, 0.5) is 0 Å². The minimum absolute atomic E-state index is 0.332. The van der Waals surface area contributed by atoms with Crippen LogP contribution >= 0.6 is 23.4 Å². The predicted molar refractivity (Wildman–Crippen MR) is 96.0 cm³/mol. The summed E-state index contributed by atoms with van der Waals surface area (Å²) < 4.78 is 0. The van der Waals surface area contributed by atoms with Crippen LogP contribution in [0.25, 0.3) is 0 Å². The van der Waals surface area contributed by atoms with E-state index in [0.717, 1.165) is 30.2 Å². The Morgan fingerprint density at radius 2 is 1.55 bits per heavy atom. The number of piperazine rings is 1. The molecule has 0 atom stereocenters. The summed E-state index contributed by atoms with van der Waals surface area (Å²) in [4.78, 5) is 6.42. The number of hydrogen-bond donors (Lipinski definition) is 1. The number of rotatable bonds is 9. The third-order valence-corrected chi connectivity index (χ3v) is 5.33. The van der Waals surface area contributed by atoms with Gasteiger partial charge in [0.15, 0.2) is 0 Å². The molecule has 5 heteroatoms. The summed E-state index contributed by atoms with van der Waals surface area (Å²) in [6.07, 6.45) is 3.31. The van der Waals surface area contributed by atoms with Crippen molar-refractivity contribution in [3.05, 3.63) is 29.3 Å². The lowest BCUT2D eigenvalue weighted by Gasteiger charge is -2.34. The fourth-order valence-corrected chi connectivity index (χ4v) is 3.72. The van der Waals surface area contributed by atoms with Gasteiger partial charge in [-0.1, -0.05) is 11.6 Å². The summed E-state index contributed by atoms with van der Waals surface area (Å²) in [7, 11) is 0. The Hall–Kier alpha value is -0.260. The van der Waals surface area contributed by atoms with Gasteiger partial charge >= 0.3 is 0 Å². The first-order chi connectivity index (χ1) is 10.8. The van der Waals surface area contributed by atoms with Crippen molar-refractivity contribution in [3.8, 4) is 0 Å². The van der Waals surface area contributed by atoms with Crippen LogP contribution in [0.2, 0.25) is 5.02 Å². The summed E-state index contributed by atoms with van der Waals surface area (Å²) in [6.45, 7) is 7.41. The number of hydrogen-bond acceptors (Lipinski definition) is 4. The van der Waals surface area contributed by atoms with Gasteiger partial charge in [0, 0.05) is 55.0 Å². The quantitative estimate of drug-likeness (QED) is 0.550. The fourth-order valence-electron chi connectivity index (χ4n) is 2.68. The first-order valence-electron chi connectivity index (χ1n) is 8.22. The van der Waals surface area contributed by atoms with Gasteiger partial charge in [0.1, 0.15) is 0 Å². The molecule has 1 saturated heterocycles.